The molecule has 5 rings (SSSR count). The number of nitrogens with zero attached hydrogens (tertiary/aromatic N) is 1. The molecule has 0 unspecified atom stereocenters. The molecule has 0 saturated heterocycles. The molecule has 33 heavy (non-hydrogen) atoms. The molecule has 0 saturated carbocycles. The van der Waals surface area contributed by atoms with Crippen molar-refractivity contribution in [2.45, 2.75) is 6.92 Å². The number of aromatic nitrogens is 1. The highest BCUT2D eigenvalue weighted by atomic mass is 19.1. The van der Waals surface area contributed by atoms with Gasteiger partial charge in [-0.15, -0.1) is 0 Å². The van der Waals surface area contributed by atoms with E-state index in [1.807, 2.05) is 78.2 Å². The third-order valence-corrected chi connectivity index (χ3v) is 5.86. The lowest BCUT2D eigenvalue weighted by Gasteiger charge is -2.12. The smallest absolute Gasteiger partial charge is 0.147 e. The van der Waals surface area contributed by atoms with Crippen molar-refractivity contribution in [3.05, 3.63) is 138 Å². The number of benzene rings is 4. The molecule has 0 atom stereocenters. The average Bonchev–Trinajstić information content (AvgIpc) is 3.21. The van der Waals surface area contributed by atoms with Crippen molar-refractivity contribution >= 4 is 39.2 Å². The predicted molar refractivity (Wildman–Crippen MR) is 139 cm³/mol. The molecule has 0 radical (unpaired) electrons. The average molecular weight is 430 g/mol. The summed E-state index contributed by atoms with van der Waals surface area (Å²) in [6.07, 6.45) is 8.40. The summed E-state index contributed by atoms with van der Waals surface area (Å²) >= 11 is 0. The first kappa shape index (κ1) is 20.7. The van der Waals surface area contributed by atoms with Crippen molar-refractivity contribution < 1.29 is 4.39 Å². The van der Waals surface area contributed by atoms with Crippen LogP contribution in [0.2, 0.25) is 0 Å². The lowest BCUT2D eigenvalue weighted by atomic mass is 10.0. The summed E-state index contributed by atoms with van der Waals surface area (Å²) in [6, 6.07) is 33.9. The summed E-state index contributed by atoms with van der Waals surface area (Å²) < 4.78 is 17.2. The molecule has 4 aromatic carbocycles. The third kappa shape index (κ3) is 4.04. The number of hydrogen-bond donors (Lipinski definition) is 0. The van der Waals surface area contributed by atoms with Crippen LogP contribution in [0.3, 0.4) is 0 Å². The molecule has 1 aromatic heterocycles. The normalized spacial score (nSPS) is 12.8. The van der Waals surface area contributed by atoms with Crippen molar-refractivity contribution in [3.63, 3.8) is 0 Å². The minimum atomic E-state index is -0.225. The fourth-order valence-electron chi connectivity index (χ4n) is 4.29. The molecule has 0 fully saturated rings. The number of allylic oxidation sites excluding steroid dienone is 5. The van der Waals surface area contributed by atoms with Gasteiger partial charge in [-0.1, -0.05) is 109 Å². The molecule has 2 heteroatoms. The van der Waals surface area contributed by atoms with E-state index in [-0.39, 0.29) is 5.82 Å². The first-order chi connectivity index (χ1) is 16.3. The Morgan fingerprint density at radius 2 is 1.39 bits per heavy atom. The zero-order valence-electron chi connectivity index (χ0n) is 18.4. The minimum Gasteiger partial charge on any atom is -0.307 e. The Morgan fingerprint density at radius 1 is 0.727 bits per heavy atom. The summed E-state index contributed by atoms with van der Waals surface area (Å²) in [7, 11) is 0. The van der Waals surface area contributed by atoms with Crippen LogP contribution in [0.15, 0.2) is 121 Å². The monoisotopic (exact) mass is 429 g/mol. The lowest BCUT2D eigenvalue weighted by molar-refractivity contribution is 0.635. The molecule has 0 aliphatic carbocycles. The Morgan fingerprint density at radius 3 is 2.15 bits per heavy atom. The van der Waals surface area contributed by atoms with E-state index in [9.17, 15) is 0 Å². The SMILES string of the molecule is C\C=C(/C=C(\C=C\c1ccccc1)c1ccccc1)n1c2ccccc2c2cccc(F)c21. The molecule has 0 aliphatic rings. The number of para-hydroxylation sites is 2. The first-order valence-electron chi connectivity index (χ1n) is 11.1. The fourth-order valence-corrected chi connectivity index (χ4v) is 4.29. The third-order valence-electron chi connectivity index (χ3n) is 5.86. The van der Waals surface area contributed by atoms with E-state index in [4.69, 9.17) is 0 Å². The minimum absolute atomic E-state index is 0.225. The maximum Gasteiger partial charge on any atom is 0.147 e. The second-order valence-corrected chi connectivity index (χ2v) is 7.91. The molecule has 0 amide bonds. The van der Waals surface area contributed by atoms with Crippen LogP contribution in [0.5, 0.6) is 0 Å². The predicted octanol–water partition coefficient (Wildman–Crippen LogP) is 8.59. The van der Waals surface area contributed by atoms with Crippen molar-refractivity contribution in [2.75, 3.05) is 0 Å². The molecule has 1 heterocycles. The summed E-state index contributed by atoms with van der Waals surface area (Å²) in [5.41, 5.74) is 5.79. The van der Waals surface area contributed by atoms with Crippen LogP contribution in [-0.4, -0.2) is 4.57 Å². The highest BCUT2D eigenvalue weighted by molar-refractivity contribution is 6.11. The van der Waals surface area contributed by atoms with Crippen molar-refractivity contribution in [2.24, 2.45) is 0 Å². The zero-order valence-corrected chi connectivity index (χ0v) is 18.4. The summed E-state index contributed by atoms with van der Waals surface area (Å²) in [5.74, 6) is -0.225. The summed E-state index contributed by atoms with van der Waals surface area (Å²) in [5, 5.41) is 1.96. The van der Waals surface area contributed by atoms with Gasteiger partial charge in [-0.2, -0.15) is 0 Å². The van der Waals surface area contributed by atoms with Crippen molar-refractivity contribution in [1.29, 1.82) is 0 Å². The van der Waals surface area contributed by atoms with Crippen LogP contribution in [0.1, 0.15) is 18.1 Å². The highest BCUT2D eigenvalue weighted by Crippen LogP contribution is 2.34. The van der Waals surface area contributed by atoms with Crippen LogP contribution in [0.25, 0.3) is 39.2 Å². The summed E-state index contributed by atoms with van der Waals surface area (Å²) in [6.45, 7) is 2.00. The Labute approximate surface area is 193 Å². The molecular weight excluding hydrogens is 405 g/mol. The molecular formula is C31H24FN. The van der Waals surface area contributed by atoms with Crippen LogP contribution in [0.4, 0.5) is 4.39 Å². The Kier molecular flexibility index (Phi) is 5.73. The van der Waals surface area contributed by atoms with E-state index in [1.165, 1.54) is 6.07 Å². The molecule has 0 spiro atoms. The largest absolute Gasteiger partial charge is 0.307 e. The molecule has 1 nitrogen and oxygen atoms in total. The maximum absolute atomic E-state index is 15.1. The number of rotatable bonds is 5. The van der Waals surface area contributed by atoms with E-state index >= 15 is 4.39 Å². The van der Waals surface area contributed by atoms with E-state index in [1.54, 1.807) is 6.07 Å². The van der Waals surface area contributed by atoms with Gasteiger partial charge in [0.15, 0.2) is 0 Å². The van der Waals surface area contributed by atoms with E-state index in [0.29, 0.717) is 5.52 Å². The van der Waals surface area contributed by atoms with Gasteiger partial charge in [0.2, 0.25) is 0 Å². The molecule has 160 valence electrons. The van der Waals surface area contributed by atoms with Crippen LogP contribution >= 0.6 is 0 Å². The summed E-state index contributed by atoms with van der Waals surface area (Å²) in [4.78, 5) is 0. The molecule has 0 aliphatic heterocycles. The Balaban J connectivity index is 1.72. The van der Waals surface area contributed by atoms with Crippen LogP contribution < -0.4 is 0 Å². The standard InChI is InChI=1S/C31H24FN/c1-2-26(33-30-19-10-9-16-27(30)28-17-11-18-29(32)31(28)33)22-25(24-14-7-4-8-15-24)21-20-23-12-5-3-6-13-23/h2-22H,1H3/b21-20+,25-22+,26-2+. The second kappa shape index (κ2) is 9.13. The van der Waals surface area contributed by atoms with Gasteiger partial charge < -0.3 is 4.57 Å². The second-order valence-electron chi connectivity index (χ2n) is 7.91. The Bertz CT molecular complexity index is 1500. The number of halogens is 1. The maximum atomic E-state index is 15.1. The zero-order chi connectivity index (χ0) is 22.6. The van der Waals surface area contributed by atoms with E-state index < -0.39 is 0 Å². The van der Waals surface area contributed by atoms with Crippen LogP contribution in [0, 0.1) is 5.82 Å². The molecule has 0 bridgehead atoms. The topological polar surface area (TPSA) is 4.93 Å². The van der Waals surface area contributed by atoms with Gasteiger partial charge in [0, 0.05) is 16.5 Å². The van der Waals surface area contributed by atoms with E-state index in [2.05, 4.69) is 48.6 Å². The highest BCUT2D eigenvalue weighted by Gasteiger charge is 2.15. The van der Waals surface area contributed by atoms with Gasteiger partial charge >= 0.3 is 0 Å². The number of hydrogen-bond acceptors (Lipinski definition) is 0. The van der Waals surface area contributed by atoms with Gasteiger partial charge in [0.25, 0.3) is 0 Å². The lowest BCUT2D eigenvalue weighted by Crippen LogP contribution is -1.97. The fraction of sp³-hybridized carbons (Fsp3) is 0.0323. The van der Waals surface area contributed by atoms with Gasteiger partial charge in [-0.25, -0.2) is 4.39 Å². The van der Waals surface area contributed by atoms with Gasteiger partial charge in [0.05, 0.1) is 11.0 Å². The van der Waals surface area contributed by atoms with Crippen LogP contribution in [-0.2, 0) is 0 Å². The van der Waals surface area contributed by atoms with Crippen molar-refractivity contribution in [3.8, 4) is 0 Å². The van der Waals surface area contributed by atoms with Crippen molar-refractivity contribution in [1.82, 2.24) is 4.57 Å². The molecule has 0 N–H and O–H groups in total. The molecule has 5 aromatic rings. The number of fused-ring (bicyclic) bond motifs is 3. The van der Waals surface area contributed by atoms with E-state index in [0.717, 1.165) is 38.7 Å². The van der Waals surface area contributed by atoms with Gasteiger partial charge in [-0.05, 0) is 41.8 Å². The van der Waals surface area contributed by atoms with Gasteiger partial charge in [-0.3, -0.25) is 0 Å². The Hall–Kier alpha value is -4.17. The quantitative estimate of drug-likeness (QED) is 0.247. The first-order valence-corrected chi connectivity index (χ1v) is 11.1. The van der Waals surface area contributed by atoms with Gasteiger partial charge in [0.1, 0.15) is 5.82 Å².